The molecule has 1 atom stereocenters. The summed E-state index contributed by atoms with van der Waals surface area (Å²) in [5, 5.41) is 2.58. The molecule has 1 aromatic rings. The fourth-order valence-electron chi connectivity index (χ4n) is 2.23. The Bertz CT molecular complexity index is 574. The molecular formula is C14H18ClN3O3. The van der Waals surface area contributed by atoms with Crippen molar-refractivity contribution in [2.75, 3.05) is 5.73 Å². The molecule has 2 rings (SSSR count). The average Bonchev–Trinajstić information content (AvgIpc) is 2.64. The molecule has 1 aromatic carbocycles. The van der Waals surface area contributed by atoms with Gasteiger partial charge in [-0.2, -0.15) is 0 Å². The topological polar surface area (TPSA) is 92.5 Å². The maximum absolute atomic E-state index is 12.1. The van der Waals surface area contributed by atoms with Gasteiger partial charge in [0.05, 0.1) is 6.42 Å². The summed E-state index contributed by atoms with van der Waals surface area (Å²) in [5.41, 5.74) is 6.44. The summed E-state index contributed by atoms with van der Waals surface area (Å²) in [6.45, 7) is 3.52. The molecule has 0 aromatic heterocycles. The number of nitrogen functional groups attached to an aromatic ring is 1. The van der Waals surface area contributed by atoms with Crippen LogP contribution in [0, 0.1) is 0 Å². The Morgan fingerprint density at radius 2 is 2.05 bits per heavy atom. The molecule has 1 aliphatic heterocycles. The third kappa shape index (κ3) is 3.52. The van der Waals surface area contributed by atoms with Gasteiger partial charge in [-0.1, -0.05) is 6.07 Å². The number of nitrogens with zero attached hydrogens (tertiary/aromatic N) is 1. The van der Waals surface area contributed by atoms with Crippen LogP contribution in [-0.4, -0.2) is 34.7 Å². The number of halogens is 1. The lowest BCUT2D eigenvalue weighted by Gasteiger charge is -2.19. The van der Waals surface area contributed by atoms with E-state index >= 15 is 0 Å². The van der Waals surface area contributed by atoms with Crippen molar-refractivity contribution in [1.29, 1.82) is 0 Å². The van der Waals surface area contributed by atoms with E-state index in [-0.39, 0.29) is 36.7 Å². The van der Waals surface area contributed by atoms with E-state index in [0.717, 1.165) is 0 Å². The Kier molecular flexibility index (Phi) is 5.32. The van der Waals surface area contributed by atoms with E-state index in [1.807, 2.05) is 0 Å². The van der Waals surface area contributed by atoms with Crippen molar-refractivity contribution in [2.24, 2.45) is 0 Å². The zero-order valence-corrected chi connectivity index (χ0v) is 12.6. The minimum absolute atomic E-state index is 0. The van der Waals surface area contributed by atoms with Crippen LogP contribution in [0.1, 0.15) is 30.6 Å². The molecule has 0 aliphatic carbocycles. The number of imide groups is 1. The Hall–Kier alpha value is -2.08. The summed E-state index contributed by atoms with van der Waals surface area (Å²) in [4.78, 5) is 37.0. The molecule has 0 saturated carbocycles. The van der Waals surface area contributed by atoms with E-state index in [9.17, 15) is 14.4 Å². The average molecular weight is 312 g/mol. The molecule has 1 aliphatic rings. The summed E-state index contributed by atoms with van der Waals surface area (Å²) >= 11 is 0. The Balaban J connectivity index is 0.00000220. The van der Waals surface area contributed by atoms with Crippen LogP contribution in [-0.2, 0) is 9.59 Å². The molecule has 6 nitrogen and oxygen atoms in total. The highest BCUT2D eigenvalue weighted by Gasteiger charge is 2.40. The zero-order chi connectivity index (χ0) is 14.9. The molecular weight excluding hydrogens is 294 g/mol. The van der Waals surface area contributed by atoms with Gasteiger partial charge < -0.3 is 11.1 Å². The summed E-state index contributed by atoms with van der Waals surface area (Å²) < 4.78 is 0. The van der Waals surface area contributed by atoms with Gasteiger partial charge in [-0.25, -0.2) is 0 Å². The number of carbonyl (C=O) groups is 3. The van der Waals surface area contributed by atoms with Crippen molar-refractivity contribution in [1.82, 2.24) is 10.2 Å². The number of nitrogens with two attached hydrogens (primary N) is 1. The van der Waals surface area contributed by atoms with E-state index in [4.69, 9.17) is 5.73 Å². The third-order valence-electron chi connectivity index (χ3n) is 3.15. The van der Waals surface area contributed by atoms with Crippen LogP contribution >= 0.6 is 12.4 Å². The molecule has 1 saturated heterocycles. The molecule has 3 N–H and O–H groups in total. The quantitative estimate of drug-likeness (QED) is 0.642. The van der Waals surface area contributed by atoms with Gasteiger partial charge in [0.1, 0.15) is 6.04 Å². The lowest BCUT2D eigenvalue weighted by Crippen LogP contribution is -2.43. The molecule has 1 heterocycles. The molecule has 21 heavy (non-hydrogen) atoms. The van der Waals surface area contributed by atoms with Crippen molar-refractivity contribution < 1.29 is 14.4 Å². The van der Waals surface area contributed by atoms with E-state index in [1.165, 1.54) is 11.0 Å². The lowest BCUT2D eigenvalue weighted by atomic mass is 10.1. The second-order valence-corrected chi connectivity index (χ2v) is 5.05. The van der Waals surface area contributed by atoms with Crippen molar-refractivity contribution in [3.63, 3.8) is 0 Å². The van der Waals surface area contributed by atoms with Gasteiger partial charge in [-0.3, -0.25) is 19.3 Å². The smallest absolute Gasteiger partial charge is 0.252 e. The van der Waals surface area contributed by atoms with Crippen molar-refractivity contribution >= 4 is 35.8 Å². The number of likely N-dealkylation sites (tertiary alicyclic amines) is 1. The first kappa shape index (κ1) is 17.0. The van der Waals surface area contributed by atoms with Crippen LogP contribution < -0.4 is 11.1 Å². The predicted octanol–water partition coefficient (Wildman–Crippen LogP) is 0.956. The van der Waals surface area contributed by atoms with Crippen LogP contribution in [0.5, 0.6) is 0 Å². The molecule has 0 spiro atoms. The molecule has 1 fully saturated rings. The molecule has 114 valence electrons. The number of hydrogen-bond acceptors (Lipinski definition) is 4. The van der Waals surface area contributed by atoms with Crippen molar-refractivity contribution in [2.45, 2.75) is 32.4 Å². The number of hydrogen-bond donors (Lipinski definition) is 2. The number of anilines is 1. The number of amides is 3. The van der Waals surface area contributed by atoms with Gasteiger partial charge in [0.15, 0.2) is 0 Å². The highest BCUT2D eigenvalue weighted by atomic mass is 35.5. The van der Waals surface area contributed by atoms with E-state index in [0.29, 0.717) is 11.3 Å². The first-order valence-corrected chi connectivity index (χ1v) is 6.42. The van der Waals surface area contributed by atoms with E-state index in [1.54, 1.807) is 32.0 Å². The van der Waals surface area contributed by atoms with Gasteiger partial charge >= 0.3 is 0 Å². The predicted molar refractivity (Wildman–Crippen MR) is 81.0 cm³/mol. The standard InChI is InChI=1S/C14H17N3O3.ClH/c1-8(2)17-12(18)7-11(14(17)20)16-13(19)9-4-3-5-10(15)6-9;/h3-6,8,11H,7,15H2,1-2H3,(H,16,19);1H. The van der Waals surface area contributed by atoms with Gasteiger partial charge in [0, 0.05) is 17.3 Å². The largest absolute Gasteiger partial charge is 0.399 e. The summed E-state index contributed by atoms with van der Waals surface area (Å²) in [5.74, 6) is -1.03. The molecule has 3 amide bonds. The maximum atomic E-state index is 12.1. The number of nitrogens with one attached hydrogen (secondary N) is 1. The number of carbonyl (C=O) groups excluding carboxylic acids is 3. The van der Waals surface area contributed by atoms with E-state index < -0.39 is 11.9 Å². The summed E-state index contributed by atoms with van der Waals surface area (Å²) in [7, 11) is 0. The first-order valence-electron chi connectivity index (χ1n) is 6.42. The van der Waals surface area contributed by atoms with Gasteiger partial charge in [-0.05, 0) is 32.0 Å². The van der Waals surface area contributed by atoms with Crippen molar-refractivity contribution in [3.8, 4) is 0 Å². The van der Waals surface area contributed by atoms with Crippen LogP contribution in [0.3, 0.4) is 0 Å². The van der Waals surface area contributed by atoms with Gasteiger partial charge in [0.25, 0.3) is 11.8 Å². The number of benzene rings is 1. The number of rotatable bonds is 3. The van der Waals surface area contributed by atoms with Crippen LogP contribution in [0.25, 0.3) is 0 Å². The highest BCUT2D eigenvalue weighted by Crippen LogP contribution is 2.17. The van der Waals surface area contributed by atoms with Crippen LogP contribution in [0.4, 0.5) is 5.69 Å². The molecule has 0 radical (unpaired) electrons. The summed E-state index contributed by atoms with van der Waals surface area (Å²) in [6, 6.07) is 5.46. The summed E-state index contributed by atoms with van der Waals surface area (Å²) in [6.07, 6.45) is 0.00503. The third-order valence-corrected chi connectivity index (χ3v) is 3.15. The normalized spacial score (nSPS) is 17.9. The first-order chi connectivity index (χ1) is 9.40. The van der Waals surface area contributed by atoms with Gasteiger partial charge in [-0.15, -0.1) is 12.4 Å². The van der Waals surface area contributed by atoms with E-state index in [2.05, 4.69) is 5.32 Å². The minimum Gasteiger partial charge on any atom is -0.399 e. The maximum Gasteiger partial charge on any atom is 0.252 e. The molecule has 7 heteroatoms. The Morgan fingerprint density at radius 3 is 2.57 bits per heavy atom. The Morgan fingerprint density at radius 1 is 1.38 bits per heavy atom. The second kappa shape index (κ2) is 6.58. The highest BCUT2D eigenvalue weighted by molar-refractivity contribution is 6.08. The van der Waals surface area contributed by atoms with Crippen LogP contribution in [0.2, 0.25) is 0 Å². The SMILES string of the molecule is CC(C)N1C(=O)CC(NC(=O)c2cccc(N)c2)C1=O.Cl. The second-order valence-electron chi connectivity index (χ2n) is 5.05. The monoisotopic (exact) mass is 311 g/mol. The minimum atomic E-state index is -0.793. The zero-order valence-electron chi connectivity index (χ0n) is 11.8. The lowest BCUT2D eigenvalue weighted by molar-refractivity contribution is -0.140. The molecule has 0 bridgehead atoms. The van der Waals surface area contributed by atoms with Crippen LogP contribution in [0.15, 0.2) is 24.3 Å². The Labute approximate surface area is 129 Å². The fraction of sp³-hybridized carbons (Fsp3) is 0.357. The molecule has 1 unspecified atom stereocenters. The fourth-order valence-corrected chi connectivity index (χ4v) is 2.23. The van der Waals surface area contributed by atoms with Gasteiger partial charge in [0.2, 0.25) is 5.91 Å². The van der Waals surface area contributed by atoms with Crippen molar-refractivity contribution in [3.05, 3.63) is 29.8 Å².